The van der Waals surface area contributed by atoms with Crippen molar-refractivity contribution in [2.24, 2.45) is 0 Å². The summed E-state index contributed by atoms with van der Waals surface area (Å²) in [5.74, 6) is -1.10. The molecule has 0 aliphatic carbocycles. The standard InChI is InChI=1S/C21H19ClN2O5S/c1-13(25)23-9-8-14-12-18(4-6-19(14)23)30(28,29)24-17(3-7-21(26)27)11-15-10-16(22)2-5-20(15)24/h2,4-6,10-12H,3,7-9H2,1H3,(H,26,27). The summed E-state index contributed by atoms with van der Waals surface area (Å²) in [6, 6.07) is 11.3. The smallest absolute Gasteiger partial charge is 0.303 e. The molecule has 7 nitrogen and oxygen atoms in total. The summed E-state index contributed by atoms with van der Waals surface area (Å²) >= 11 is 6.06. The molecule has 2 heterocycles. The number of amides is 1. The van der Waals surface area contributed by atoms with E-state index in [2.05, 4.69) is 0 Å². The number of hydrogen-bond acceptors (Lipinski definition) is 4. The Balaban J connectivity index is 1.86. The number of benzene rings is 2. The second-order valence-electron chi connectivity index (χ2n) is 7.21. The number of carbonyl (C=O) groups is 2. The van der Waals surface area contributed by atoms with E-state index in [-0.39, 0.29) is 23.6 Å². The van der Waals surface area contributed by atoms with Gasteiger partial charge in [0.2, 0.25) is 5.91 Å². The van der Waals surface area contributed by atoms with E-state index in [1.807, 2.05) is 0 Å². The Morgan fingerprint density at radius 3 is 2.60 bits per heavy atom. The van der Waals surface area contributed by atoms with Crippen molar-refractivity contribution in [1.82, 2.24) is 3.97 Å². The molecule has 1 aromatic heterocycles. The van der Waals surface area contributed by atoms with Gasteiger partial charge in [-0.15, -0.1) is 0 Å². The first-order valence-corrected chi connectivity index (χ1v) is 11.2. The van der Waals surface area contributed by atoms with Gasteiger partial charge in [0, 0.05) is 35.3 Å². The molecule has 0 spiro atoms. The number of carboxylic acid groups (broad SMARTS) is 1. The van der Waals surface area contributed by atoms with Crippen molar-refractivity contribution in [1.29, 1.82) is 0 Å². The van der Waals surface area contributed by atoms with E-state index in [4.69, 9.17) is 16.7 Å². The summed E-state index contributed by atoms with van der Waals surface area (Å²) in [5.41, 5.74) is 2.32. The van der Waals surface area contributed by atoms with Gasteiger partial charge in [0.15, 0.2) is 0 Å². The van der Waals surface area contributed by atoms with E-state index < -0.39 is 16.0 Å². The fraction of sp³-hybridized carbons (Fsp3) is 0.238. The van der Waals surface area contributed by atoms with Crippen LogP contribution in [-0.4, -0.2) is 35.9 Å². The van der Waals surface area contributed by atoms with E-state index in [1.54, 1.807) is 41.3 Å². The number of nitrogens with zero attached hydrogens (tertiary/aromatic N) is 2. The molecule has 0 saturated heterocycles. The van der Waals surface area contributed by atoms with Crippen LogP contribution < -0.4 is 4.90 Å². The van der Waals surface area contributed by atoms with Crippen LogP contribution in [0.2, 0.25) is 5.02 Å². The molecule has 1 aliphatic rings. The lowest BCUT2D eigenvalue weighted by Gasteiger charge is -2.16. The first kappa shape index (κ1) is 20.4. The molecular weight excluding hydrogens is 428 g/mol. The monoisotopic (exact) mass is 446 g/mol. The molecule has 0 bridgehead atoms. The quantitative estimate of drug-likeness (QED) is 0.647. The Labute approximate surface area is 178 Å². The molecule has 9 heteroatoms. The highest BCUT2D eigenvalue weighted by atomic mass is 35.5. The maximum Gasteiger partial charge on any atom is 0.303 e. The molecule has 3 aromatic rings. The first-order valence-electron chi connectivity index (χ1n) is 9.37. The van der Waals surface area contributed by atoms with Gasteiger partial charge >= 0.3 is 5.97 Å². The average Bonchev–Trinajstić information content (AvgIpc) is 3.26. The highest BCUT2D eigenvalue weighted by Crippen LogP contribution is 2.33. The fourth-order valence-electron chi connectivity index (χ4n) is 3.88. The normalized spacial score (nSPS) is 13.6. The Bertz CT molecular complexity index is 1300. The number of aryl methyl sites for hydroxylation is 1. The van der Waals surface area contributed by atoms with Gasteiger partial charge in [-0.05, 0) is 60.9 Å². The molecule has 2 aromatic carbocycles. The van der Waals surface area contributed by atoms with Crippen LogP contribution in [0, 0.1) is 0 Å². The largest absolute Gasteiger partial charge is 0.481 e. The number of fused-ring (bicyclic) bond motifs is 2. The van der Waals surface area contributed by atoms with Crippen LogP contribution in [0.5, 0.6) is 0 Å². The molecule has 0 atom stereocenters. The van der Waals surface area contributed by atoms with Crippen LogP contribution >= 0.6 is 11.6 Å². The molecule has 1 amide bonds. The number of carbonyl (C=O) groups excluding carboxylic acids is 1. The van der Waals surface area contributed by atoms with Crippen LogP contribution in [0.15, 0.2) is 47.4 Å². The summed E-state index contributed by atoms with van der Waals surface area (Å²) in [6.07, 6.45) is 0.438. The summed E-state index contributed by atoms with van der Waals surface area (Å²) < 4.78 is 28.3. The second kappa shape index (κ2) is 7.45. The topological polar surface area (TPSA) is 96.7 Å². The third-order valence-electron chi connectivity index (χ3n) is 5.25. The number of aromatic nitrogens is 1. The van der Waals surface area contributed by atoms with Gasteiger partial charge in [0.25, 0.3) is 10.0 Å². The van der Waals surface area contributed by atoms with Crippen LogP contribution in [0.25, 0.3) is 10.9 Å². The maximum atomic E-state index is 13.6. The molecule has 30 heavy (non-hydrogen) atoms. The maximum absolute atomic E-state index is 13.6. The zero-order valence-corrected chi connectivity index (χ0v) is 17.7. The Morgan fingerprint density at radius 2 is 1.90 bits per heavy atom. The van der Waals surface area contributed by atoms with Crippen molar-refractivity contribution in [3.8, 4) is 0 Å². The molecular formula is C21H19ClN2O5S. The molecule has 0 saturated carbocycles. The number of aliphatic carboxylic acids is 1. The van der Waals surface area contributed by atoms with Crippen molar-refractivity contribution < 1.29 is 23.1 Å². The van der Waals surface area contributed by atoms with Gasteiger partial charge in [-0.25, -0.2) is 12.4 Å². The third-order valence-corrected chi connectivity index (χ3v) is 7.25. The van der Waals surface area contributed by atoms with E-state index in [0.717, 1.165) is 11.3 Å². The van der Waals surface area contributed by atoms with Crippen LogP contribution in [-0.2, 0) is 32.5 Å². The minimum absolute atomic E-state index is 0.0594. The summed E-state index contributed by atoms with van der Waals surface area (Å²) in [4.78, 5) is 24.6. The number of anilines is 1. The van der Waals surface area contributed by atoms with Gasteiger partial charge in [-0.3, -0.25) is 9.59 Å². The van der Waals surface area contributed by atoms with Crippen molar-refractivity contribution in [2.45, 2.75) is 31.1 Å². The SMILES string of the molecule is CC(=O)N1CCc2cc(S(=O)(=O)n3c(CCC(=O)O)cc4cc(Cl)ccc43)ccc21. The molecule has 156 valence electrons. The van der Waals surface area contributed by atoms with E-state index in [0.29, 0.717) is 34.6 Å². The summed E-state index contributed by atoms with van der Waals surface area (Å²) in [5, 5.41) is 10.2. The minimum atomic E-state index is -4.00. The van der Waals surface area contributed by atoms with Crippen molar-refractivity contribution >= 4 is 50.1 Å². The molecule has 1 aliphatic heterocycles. The van der Waals surface area contributed by atoms with Crippen LogP contribution in [0.1, 0.15) is 24.6 Å². The van der Waals surface area contributed by atoms with E-state index in [1.165, 1.54) is 17.0 Å². The van der Waals surface area contributed by atoms with Crippen LogP contribution in [0.4, 0.5) is 5.69 Å². The summed E-state index contributed by atoms with van der Waals surface area (Å²) in [7, 11) is -4.00. The zero-order valence-electron chi connectivity index (χ0n) is 16.1. The first-order chi connectivity index (χ1) is 14.2. The molecule has 0 unspecified atom stereocenters. The second-order valence-corrected chi connectivity index (χ2v) is 9.44. The van der Waals surface area contributed by atoms with Gasteiger partial charge in [-0.1, -0.05) is 11.6 Å². The fourth-order valence-corrected chi connectivity index (χ4v) is 5.68. The third kappa shape index (κ3) is 3.46. The highest BCUT2D eigenvalue weighted by molar-refractivity contribution is 7.90. The van der Waals surface area contributed by atoms with Gasteiger partial charge in [0.05, 0.1) is 16.8 Å². The van der Waals surface area contributed by atoms with E-state index in [9.17, 15) is 18.0 Å². The number of rotatable bonds is 5. The number of carboxylic acids is 1. The average molecular weight is 447 g/mol. The van der Waals surface area contributed by atoms with E-state index >= 15 is 0 Å². The number of hydrogen-bond donors (Lipinski definition) is 1. The van der Waals surface area contributed by atoms with Gasteiger partial charge in [0.1, 0.15) is 0 Å². The van der Waals surface area contributed by atoms with Crippen molar-refractivity contribution in [2.75, 3.05) is 11.4 Å². The van der Waals surface area contributed by atoms with Crippen molar-refractivity contribution in [3.63, 3.8) is 0 Å². The summed E-state index contributed by atoms with van der Waals surface area (Å²) in [6.45, 7) is 1.99. The molecule has 0 radical (unpaired) electrons. The lowest BCUT2D eigenvalue weighted by molar-refractivity contribution is -0.137. The van der Waals surface area contributed by atoms with Crippen molar-refractivity contribution in [3.05, 3.63) is 58.7 Å². The van der Waals surface area contributed by atoms with Gasteiger partial charge < -0.3 is 10.0 Å². The lowest BCUT2D eigenvalue weighted by atomic mass is 10.2. The van der Waals surface area contributed by atoms with Crippen LogP contribution in [0.3, 0.4) is 0 Å². The highest BCUT2D eigenvalue weighted by Gasteiger charge is 2.28. The Hall–Kier alpha value is -2.84. The molecule has 4 rings (SSSR count). The predicted molar refractivity (Wildman–Crippen MR) is 114 cm³/mol. The molecule has 1 N–H and O–H groups in total. The minimum Gasteiger partial charge on any atom is -0.481 e. The predicted octanol–water partition coefficient (Wildman–Crippen LogP) is 3.46. The Kier molecular flexibility index (Phi) is 5.07. The molecule has 0 fully saturated rings. The Morgan fingerprint density at radius 1 is 1.13 bits per heavy atom. The zero-order chi connectivity index (χ0) is 21.6. The van der Waals surface area contributed by atoms with Gasteiger partial charge in [-0.2, -0.15) is 0 Å². The lowest BCUT2D eigenvalue weighted by Crippen LogP contribution is -2.25. The number of halogens is 1.